The molecule has 230 valence electrons. The first-order chi connectivity index (χ1) is 24.2. The number of para-hydroxylation sites is 1. The van der Waals surface area contributed by atoms with Gasteiger partial charge in [-0.05, 0) is 63.7 Å². The highest BCUT2D eigenvalue weighted by atomic mass is 16.3. The SMILES string of the molecule is c1ccc(-c2cccc(-c3ccc(-c4nc(-c5ccccc5)nc(-c5cccc(-c6ccc7c(c6)oc6ccccc67)c5)n4)cc3)c2)cc1. The molecule has 0 saturated carbocycles. The number of aromatic nitrogens is 3. The second kappa shape index (κ2) is 12.2. The van der Waals surface area contributed by atoms with Crippen molar-refractivity contribution in [1.82, 2.24) is 15.0 Å². The Balaban J connectivity index is 1.09. The molecule has 0 radical (unpaired) electrons. The molecule has 2 heterocycles. The molecule has 4 heteroatoms. The minimum Gasteiger partial charge on any atom is -0.456 e. The fraction of sp³-hybridized carbons (Fsp3) is 0. The van der Waals surface area contributed by atoms with E-state index in [1.54, 1.807) is 0 Å². The molecule has 0 N–H and O–H groups in total. The molecular weight excluding hydrogens is 599 g/mol. The monoisotopic (exact) mass is 627 g/mol. The van der Waals surface area contributed by atoms with Crippen LogP contribution in [0.2, 0.25) is 0 Å². The van der Waals surface area contributed by atoms with Crippen molar-refractivity contribution in [3.8, 4) is 67.5 Å². The Kier molecular flexibility index (Phi) is 7.10. The van der Waals surface area contributed by atoms with Gasteiger partial charge >= 0.3 is 0 Å². The Morgan fingerprint density at radius 3 is 1.37 bits per heavy atom. The predicted molar refractivity (Wildman–Crippen MR) is 200 cm³/mol. The van der Waals surface area contributed by atoms with Crippen LogP contribution in [0.15, 0.2) is 180 Å². The molecule has 4 nitrogen and oxygen atoms in total. The van der Waals surface area contributed by atoms with Gasteiger partial charge in [0, 0.05) is 27.5 Å². The molecule has 0 spiro atoms. The van der Waals surface area contributed by atoms with Gasteiger partial charge in [-0.25, -0.2) is 15.0 Å². The molecule has 0 aliphatic heterocycles. The Hall–Kier alpha value is -6.65. The van der Waals surface area contributed by atoms with Crippen molar-refractivity contribution in [2.24, 2.45) is 0 Å². The summed E-state index contributed by atoms with van der Waals surface area (Å²) in [5.74, 6) is 1.88. The van der Waals surface area contributed by atoms with Crippen molar-refractivity contribution in [3.05, 3.63) is 176 Å². The van der Waals surface area contributed by atoms with E-state index in [2.05, 4.69) is 121 Å². The predicted octanol–water partition coefficient (Wildman–Crippen LogP) is 11.8. The molecule has 0 fully saturated rings. The van der Waals surface area contributed by atoms with Crippen LogP contribution in [0, 0.1) is 0 Å². The molecule has 0 saturated heterocycles. The minimum atomic E-state index is 0.621. The number of benzene rings is 7. The molecule has 7 aromatic carbocycles. The zero-order valence-corrected chi connectivity index (χ0v) is 26.5. The highest BCUT2D eigenvalue weighted by Gasteiger charge is 2.14. The first kappa shape index (κ1) is 28.6. The van der Waals surface area contributed by atoms with Crippen LogP contribution in [-0.4, -0.2) is 15.0 Å². The third-order valence-electron chi connectivity index (χ3n) is 8.95. The fourth-order valence-electron chi connectivity index (χ4n) is 6.41. The maximum atomic E-state index is 6.19. The second-order valence-electron chi connectivity index (χ2n) is 12.1. The third kappa shape index (κ3) is 5.56. The van der Waals surface area contributed by atoms with E-state index in [4.69, 9.17) is 19.4 Å². The number of nitrogens with zero attached hydrogens (tertiary/aromatic N) is 3. The molecule has 0 atom stereocenters. The van der Waals surface area contributed by atoms with Gasteiger partial charge in [0.15, 0.2) is 17.5 Å². The number of rotatable bonds is 6. The summed E-state index contributed by atoms with van der Waals surface area (Å²) in [6.45, 7) is 0. The van der Waals surface area contributed by atoms with Crippen LogP contribution in [0.25, 0.3) is 89.5 Å². The van der Waals surface area contributed by atoms with Gasteiger partial charge in [-0.15, -0.1) is 0 Å². The van der Waals surface area contributed by atoms with Crippen molar-refractivity contribution in [3.63, 3.8) is 0 Å². The first-order valence-electron chi connectivity index (χ1n) is 16.4. The van der Waals surface area contributed by atoms with Crippen LogP contribution in [-0.2, 0) is 0 Å². The van der Waals surface area contributed by atoms with Crippen LogP contribution in [0.4, 0.5) is 0 Å². The lowest BCUT2D eigenvalue weighted by Gasteiger charge is -2.10. The average molecular weight is 628 g/mol. The highest BCUT2D eigenvalue weighted by Crippen LogP contribution is 2.34. The molecule has 0 amide bonds. The summed E-state index contributed by atoms with van der Waals surface area (Å²) in [4.78, 5) is 15.0. The summed E-state index contributed by atoms with van der Waals surface area (Å²) in [6.07, 6.45) is 0. The number of furan rings is 1. The lowest BCUT2D eigenvalue weighted by Crippen LogP contribution is -2.00. The minimum absolute atomic E-state index is 0.621. The van der Waals surface area contributed by atoms with E-state index in [-0.39, 0.29) is 0 Å². The Labute approximate surface area is 284 Å². The quantitative estimate of drug-likeness (QED) is 0.184. The maximum absolute atomic E-state index is 6.19. The summed E-state index contributed by atoms with van der Waals surface area (Å²) in [7, 11) is 0. The van der Waals surface area contributed by atoms with E-state index in [0.29, 0.717) is 17.5 Å². The number of hydrogen-bond donors (Lipinski definition) is 0. The maximum Gasteiger partial charge on any atom is 0.164 e. The largest absolute Gasteiger partial charge is 0.456 e. The number of hydrogen-bond acceptors (Lipinski definition) is 4. The summed E-state index contributed by atoms with van der Waals surface area (Å²) >= 11 is 0. The molecule has 9 aromatic rings. The zero-order valence-electron chi connectivity index (χ0n) is 26.5. The van der Waals surface area contributed by atoms with Crippen LogP contribution in [0.1, 0.15) is 0 Å². The molecular formula is C45H29N3O. The van der Waals surface area contributed by atoms with Gasteiger partial charge in [-0.1, -0.05) is 146 Å². The van der Waals surface area contributed by atoms with E-state index >= 15 is 0 Å². The Morgan fingerprint density at radius 1 is 0.265 bits per heavy atom. The first-order valence-corrected chi connectivity index (χ1v) is 16.4. The molecule has 49 heavy (non-hydrogen) atoms. The third-order valence-corrected chi connectivity index (χ3v) is 8.95. The summed E-state index contributed by atoms with van der Waals surface area (Å²) in [5, 5.41) is 2.23. The molecule has 0 aliphatic carbocycles. The Morgan fingerprint density at radius 2 is 0.673 bits per heavy atom. The summed E-state index contributed by atoms with van der Waals surface area (Å²) in [6, 6.07) is 60.6. The van der Waals surface area contributed by atoms with E-state index in [1.165, 1.54) is 11.1 Å². The van der Waals surface area contributed by atoms with Crippen LogP contribution >= 0.6 is 0 Å². The lowest BCUT2D eigenvalue weighted by molar-refractivity contribution is 0.669. The average Bonchev–Trinajstić information content (AvgIpc) is 3.57. The van der Waals surface area contributed by atoms with Crippen molar-refractivity contribution < 1.29 is 4.42 Å². The lowest BCUT2D eigenvalue weighted by atomic mass is 9.98. The molecule has 0 unspecified atom stereocenters. The van der Waals surface area contributed by atoms with E-state index < -0.39 is 0 Å². The summed E-state index contributed by atoms with van der Waals surface area (Å²) < 4.78 is 6.19. The van der Waals surface area contributed by atoms with Crippen LogP contribution < -0.4 is 0 Å². The molecule has 0 aliphatic rings. The fourth-order valence-corrected chi connectivity index (χ4v) is 6.41. The van der Waals surface area contributed by atoms with E-state index in [0.717, 1.165) is 60.9 Å². The van der Waals surface area contributed by atoms with Gasteiger partial charge < -0.3 is 4.42 Å². The smallest absolute Gasteiger partial charge is 0.164 e. The van der Waals surface area contributed by atoms with Gasteiger partial charge in [-0.3, -0.25) is 0 Å². The molecule has 0 bridgehead atoms. The van der Waals surface area contributed by atoms with E-state index in [9.17, 15) is 0 Å². The molecule has 9 rings (SSSR count). The van der Waals surface area contributed by atoms with Gasteiger partial charge in [0.25, 0.3) is 0 Å². The topological polar surface area (TPSA) is 51.8 Å². The molecule has 2 aromatic heterocycles. The van der Waals surface area contributed by atoms with Crippen molar-refractivity contribution in [1.29, 1.82) is 0 Å². The van der Waals surface area contributed by atoms with Crippen molar-refractivity contribution in [2.75, 3.05) is 0 Å². The van der Waals surface area contributed by atoms with Gasteiger partial charge in [0.05, 0.1) is 0 Å². The second-order valence-corrected chi connectivity index (χ2v) is 12.1. The van der Waals surface area contributed by atoms with E-state index in [1.807, 2.05) is 54.6 Å². The van der Waals surface area contributed by atoms with Gasteiger partial charge in [-0.2, -0.15) is 0 Å². The van der Waals surface area contributed by atoms with Crippen LogP contribution in [0.5, 0.6) is 0 Å². The standard InChI is InChI=1S/C45H29N3O/c1-3-11-30(12-4-1)34-15-9-16-35(27-34)31-21-23-33(24-22-31)44-46-43(32-13-5-2-6-14-32)47-45(48-44)38-18-10-17-36(28-38)37-25-26-40-39-19-7-8-20-41(39)49-42(40)29-37/h1-29H. The normalized spacial score (nSPS) is 11.3. The van der Waals surface area contributed by atoms with Gasteiger partial charge in [0.1, 0.15) is 11.2 Å². The zero-order chi connectivity index (χ0) is 32.6. The van der Waals surface area contributed by atoms with Crippen molar-refractivity contribution in [2.45, 2.75) is 0 Å². The highest BCUT2D eigenvalue weighted by molar-refractivity contribution is 6.05. The summed E-state index contributed by atoms with van der Waals surface area (Å²) in [5.41, 5.74) is 11.4. The van der Waals surface area contributed by atoms with Crippen LogP contribution in [0.3, 0.4) is 0 Å². The van der Waals surface area contributed by atoms with Gasteiger partial charge in [0.2, 0.25) is 0 Å². The Bertz CT molecular complexity index is 2590. The number of fused-ring (bicyclic) bond motifs is 3. The van der Waals surface area contributed by atoms with Crippen molar-refractivity contribution >= 4 is 21.9 Å².